The van der Waals surface area contributed by atoms with Gasteiger partial charge in [0.05, 0.1) is 11.4 Å². The molecule has 9 heteroatoms. The van der Waals surface area contributed by atoms with Gasteiger partial charge < -0.3 is 19.2 Å². The number of carbonyl (C=O) groups is 2. The van der Waals surface area contributed by atoms with Crippen LogP contribution in [0.3, 0.4) is 0 Å². The molecular weight excluding hydrogens is 427 g/mol. The SMILES string of the molecule is CC(=O)C1=C(C)N(C(C)C(F)(F)F)C(C)=C(C(=O)[O-])C1c1cccc2c(=O)cc(C)oc12. The maximum absolute atomic E-state index is 13.6. The number of para-hydroxylation sites is 1. The number of halogens is 3. The molecule has 2 heterocycles. The summed E-state index contributed by atoms with van der Waals surface area (Å²) in [4.78, 5) is 38.1. The minimum absolute atomic E-state index is 0.0261. The van der Waals surface area contributed by atoms with E-state index in [0.717, 1.165) is 18.7 Å². The van der Waals surface area contributed by atoms with Crippen LogP contribution in [0.2, 0.25) is 0 Å². The van der Waals surface area contributed by atoms with Crippen LogP contribution in [0.4, 0.5) is 13.2 Å². The van der Waals surface area contributed by atoms with Crippen molar-refractivity contribution < 1.29 is 32.3 Å². The van der Waals surface area contributed by atoms with Crippen LogP contribution in [0.25, 0.3) is 11.0 Å². The van der Waals surface area contributed by atoms with Crippen LogP contribution in [0.5, 0.6) is 0 Å². The van der Waals surface area contributed by atoms with Gasteiger partial charge in [-0.2, -0.15) is 13.2 Å². The summed E-state index contributed by atoms with van der Waals surface area (Å²) in [6, 6.07) is 3.67. The molecule has 0 spiro atoms. The molecule has 0 fully saturated rings. The largest absolute Gasteiger partial charge is 0.545 e. The average Bonchev–Trinajstić information content (AvgIpc) is 2.65. The Morgan fingerprint density at radius 3 is 2.25 bits per heavy atom. The minimum atomic E-state index is -4.68. The first kappa shape index (κ1) is 23.3. The number of ketones is 1. The Morgan fingerprint density at radius 2 is 1.72 bits per heavy atom. The van der Waals surface area contributed by atoms with Crippen LogP contribution >= 0.6 is 0 Å². The monoisotopic (exact) mass is 448 g/mol. The highest BCUT2D eigenvalue weighted by Crippen LogP contribution is 2.46. The van der Waals surface area contributed by atoms with E-state index in [1.54, 1.807) is 6.92 Å². The molecule has 0 saturated carbocycles. The van der Waals surface area contributed by atoms with E-state index >= 15 is 0 Å². The van der Waals surface area contributed by atoms with Crippen LogP contribution in [0.1, 0.15) is 44.9 Å². The number of carboxylic acid groups (broad SMARTS) is 1. The van der Waals surface area contributed by atoms with Gasteiger partial charge in [0, 0.05) is 40.1 Å². The number of rotatable bonds is 4. The fraction of sp³-hybridized carbons (Fsp3) is 0.348. The second kappa shape index (κ2) is 7.96. The van der Waals surface area contributed by atoms with E-state index in [2.05, 4.69) is 0 Å². The molecule has 0 aliphatic carbocycles. The maximum atomic E-state index is 13.6. The number of nitrogens with zero attached hydrogens (tertiary/aromatic N) is 1. The third-order valence-electron chi connectivity index (χ3n) is 5.76. The number of aryl methyl sites for hydroxylation is 1. The molecule has 2 aromatic rings. The highest BCUT2D eigenvalue weighted by atomic mass is 19.4. The van der Waals surface area contributed by atoms with Crippen LogP contribution in [-0.4, -0.2) is 28.9 Å². The molecule has 1 aliphatic rings. The number of hydrogen-bond donors (Lipinski definition) is 0. The minimum Gasteiger partial charge on any atom is -0.545 e. The molecule has 0 bridgehead atoms. The van der Waals surface area contributed by atoms with E-state index in [9.17, 15) is 32.7 Å². The Bertz CT molecular complexity index is 1210. The van der Waals surface area contributed by atoms with Gasteiger partial charge in [-0.1, -0.05) is 12.1 Å². The van der Waals surface area contributed by atoms with Gasteiger partial charge in [-0.05, 0) is 40.7 Å². The van der Waals surface area contributed by atoms with Gasteiger partial charge in [0.15, 0.2) is 11.2 Å². The zero-order chi connectivity index (χ0) is 24.1. The van der Waals surface area contributed by atoms with E-state index in [1.807, 2.05) is 0 Å². The molecule has 32 heavy (non-hydrogen) atoms. The van der Waals surface area contributed by atoms with Crippen molar-refractivity contribution in [2.75, 3.05) is 0 Å². The third kappa shape index (κ3) is 3.72. The predicted octanol–water partition coefficient (Wildman–Crippen LogP) is 3.34. The van der Waals surface area contributed by atoms with Gasteiger partial charge in [0.1, 0.15) is 17.4 Å². The summed E-state index contributed by atoms with van der Waals surface area (Å²) in [5.41, 5.74) is -0.967. The number of hydrogen-bond acceptors (Lipinski definition) is 6. The summed E-state index contributed by atoms with van der Waals surface area (Å²) < 4.78 is 46.4. The number of fused-ring (bicyclic) bond motifs is 1. The molecule has 2 unspecified atom stereocenters. The number of carboxylic acids is 1. The van der Waals surface area contributed by atoms with E-state index < -0.39 is 35.5 Å². The van der Waals surface area contributed by atoms with Crippen molar-refractivity contribution >= 4 is 22.7 Å². The maximum Gasteiger partial charge on any atom is 0.408 e. The van der Waals surface area contributed by atoms with Crippen molar-refractivity contribution in [3.05, 3.63) is 68.4 Å². The molecule has 6 nitrogen and oxygen atoms in total. The lowest BCUT2D eigenvalue weighted by molar-refractivity contribution is -0.299. The number of allylic oxidation sites excluding steroid dienone is 3. The average molecular weight is 448 g/mol. The van der Waals surface area contributed by atoms with Crippen LogP contribution < -0.4 is 10.5 Å². The van der Waals surface area contributed by atoms with Gasteiger partial charge in [-0.25, -0.2) is 0 Å². The number of benzene rings is 1. The lowest BCUT2D eigenvalue weighted by atomic mass is 9.77. The van der Waals surface area contributed by atoms with Crippen molar-refractivity contribution in [2.45, 2.75) is 52.8 Å². The lowest BCUT2D eigenvalue weighted by Crippen LogP contribution is -2.46. The highest BCUT2D eigenvalue weighted by molar-refractivity contribution is 6.02. The van der Waals surface area contributed by atoms with Crippen LogP contribution in [0.15, 0.2) is 56.0 Å². The Balaban J connectivity index is 2.44. The number of Topliss-reactive ketones (excluding diaryl/α,β-unsaturated/α-hetero) is 1. The lowest BCUT2D eigenvalue weighted by Gasteiger charge is -2.42. The van der Waals surface area contributed by atoms with Gasteiger partial charge in [-0.15, -0.1) is 0 Å². The molecule has 0 amide bonds. The molecule has 2 atom stereocenters. The first-order chi connectivity index (χ1) is 14.8. The summed E-state index contributed by atoms with van der Waals surface area (Å²) in [5.74, 6) is -3.34. The van der Waals surface area contributed by atoms with Crippen molar-refractivity contribution in [3.8, 4) is 0 Å². The second-order valence-corrected chi connectivity index (χ2v) is 7.81. The Kier molecular flexibility index (Phi) is 5.80. The Labute approximate surface area is 181 Å². The predicted molar refractivity (Wildman–Crippen MR) is 108 cm³/mol. The molecule has 1 aromatic heterocycles. The zero-order valence-corrected chi connectivity index (χ0v) is 18.1. The van der Waals surface area contributed by atoms with E-state index in [4.69, 9.17) is 4.42 Å². The van der Waals surface area contributed by atoms with Crippen molar-refractivity contribution in [1.82, 2.24) is 4.90 Å². The number of aliphatic carboxylic acids is 1. The molecule has 1 aromatic carbocycles. The second-order valence-electron chi connectivity index (χ2n) is 7.81. The van der Waals surface area contributed by atoms with E-state index in [1.165, 1.54) is 38.1 Å². The van der Waals surface area contributed by atoms with Crippen molar-refractivity contribution in [1.29, 1.82) is 0 Å². The summed E-state index contributed by atoms with van der Waals surface area (Å²) in [5, 5.41) is 12.4. The number of carbonyl (C=O) groups excluding carboxylic acids is 2. The van der Waals surface area contributed by atoms with E-state index in [0.29, 0.717) is 0 Å². The third-order valence-corrected chi connectivity index (χ3v) is 5.76. The summed E-state index contributed by atoms with van der Waals surface area (Å²) in [7, 11) is 0. The fourth-order valence-corrected chi connectivity index (χ4v) is 4.38. The number of alkyl halides is 3. The molecule has 1 aliphatic heterocycles. The summed E-state index contributed by atoms with van der Waals surface area (Å²) in [6.07, 6.45) is -4.68. The molecule has 0 N–H and O–H groups in total. The Hall–Kier alpha value is -3.36. The fourth-order valence-electron chi connectivity index (χ4n) is 4.38. The smallest absolute Gasteiger partial charge is 0.408 e. The van der Waals surface area contributed by atoms with Crippen LogP contribution in [0, 0.1) is 6.92 Å². The summed E-state index contributed by atoms with van der Waals surface area (Å²) >= 11 is 0. The Morgan fingerprint density at radius 1 is 1.12 bits per heavy atom. The standard InChI is InChI=1S/C23H22F3NO5/c1-10-9-17(29)15-7-6-8-16(21(15)32-10)20-18(13(4)28)11(2)27(14(5)23(24,25)26)12(3)19(20)22(30)31/h6-9,14,20H,1-5H3,(H,30,31)/p-1. The molecular formula is C23H21F3NO5-. The summed E-state index contributed by atoms with van der Waals surface area (Å²) in [6.45, 7) is 6.17. The first-order valence-electron chi connectivity index (χ1n) is 9.80. The zero-order valence-electron chi connectivity index (χ0n) is 18.1. The van der Waals surface area contributed by atoms with Crippen LogP contribution in [-0.2, 0) is 9.59 Å². The molecule has 170 valence electrons. The molecule has 3 rings (SSSR count). The quantitative estimate of drug-likeness (QED) is 0.713. The molecule has 0 saturated heterocycles. The normalized spacial score (nSPS) is 18.4. The first-order valence-corrected chi connectivity index (χ1v) is 9.80. The molecule has 0 radical (unpaired) electrons. The highest BCUT2D eigenvalue weighted by Gasteiger charge is 2.45. The van der Waals surface area contributed by atoms with E-state index in [-0.39, 0.29) is 44.7 Å². The topological polar surface area (TPSA) is 90.6 Å². The van der Waals surface area contributed by atoms with Gasteiger partial charge >= 0.3 is 6.18 Å². The van der Waals surface area contributed by atoms with Gasteiger partial charge in [-0.3, -0.25) is 9.59 Å². The van der Waals surface area contributed by atoms with Gasteiger partial charge in [0.25, 0.3) is 0 Å². The van der Waals surface area contributed by atoms with Crippen molar-refractivity contribution in [3.63, 3.8) is 0 Å². The van der Waals surface area contributed by atoms with Crippen molar-refractivity contribution in [2.24, 2.45) is 0 Å². The van der Waals surface area contributed by atoms with Gasteiger partial charge in [0.2, 0.25) is 0 Å².